The predicted octanol–water partition coefficient (Wildman–Crippen LogP) is 4.99. The highest BCUT2D eigenvalue weighted by atomic mass is 16.4. The molecule has 3 aliphatic carbocycles. The molecule has 4 fully saturated rings. The van der Waals surface area contributed by atoms with Gasteiger partial charge in [0.1, 0.15) is 0 Å². The molecule has 0 spiro atoms. The molecular weight excluding hydrogens is 372 g/mol. The normalized spacial score (nSPS) is 32.5. The topological polar surface area (TPSA) is 52.6 Å². The summed E-state index contributed by atoms with van der Waals surface area (Å²) >= 11 is 0. The first-order valence-corrected chi connectivity index (χ1v) is 11.7. The minimum atomic E-state index is -0.552. The SMILES string of the molecule is C[C@@H](N[C@H]1CCN(CC23CCC(C(=O)O)(CC2)CC3)C1)c1cccc2ccccc12. The van der Waals surface area contributed by atoms with Crippen LogP contribution in [0, 0.1) is 10.8 Å². The van der Waals surface area contributed by atoms with Crippen LogP contribution in [0.1, 0.15) is 63.5 Å². The molecule has 30 heavy (non-hydrogen) atoms. The summed E-state index contributed by atoms with van der Waals surface area (Å²) in [5.41, 5.74) is 1.35. The molecule has 1 heterocycles. The zero-order valence-corrected chi connectivity index (χ0v) is 18.1. The number of carboxylic acid groups (broad SMARTS) is 1. The van der Waals surface area contributed by atoms with Gasteiger partial charge in [-0.1, -0.05) is 42.5 Å². The van der Waals surface area contributed by atoms with Crippen molar-refractivity contribution in [2.24, 2.45) is 10.8 Å². The molecule has 2 aromatic rings. The standard InChI is InChI=1S/C26H34N2O2/c1-19(22-8-4-6-20-5-2-3-7-23(20)22)27-21-9-16-28(17-21)18-25-10-13-26(14-11-25,15-12-25)24(29)30/h2-8,19,21,27H,9-18H2,1H3,(H,29,30)/t19-,21+,25?,26?/m1/s1. The van der Waals surface area contributed by atoms with E-state index in [9.17, 15) is 9.90 Å². The zero-order chi connectivity index (χ0) is 20.8. The van der Waals surface area contributed by atoms with Gasteiger partial charge in [0.2, 0.25) is 0 Å². The monoisotopic (exact) mass is 406 g/mol. The van der Waals surface area contributed by atoms with Crippen LogP contribution in [0.4, 0.5) is 0 Å². The van der Waals surface area contributed by atoms with Gasteiger partial charge in [0.15, 0.2) is 0 Å². The molecule has 0 amide bonds. The van der Waals surface area contributed by atoms with E-state index in [4.69, 9.17) is 0 Å². The maximum Gasteiger partial charge on any atom is 0.309 e. The molecule has 4 aliphatic rings. The van der Waals surface area contributed by atoms with Crippen molar-refractivity contribution in [2.75, 3.05) is 19.6 Å². The van der Waals surface area contributed by atoms with Crippen molar-refractivity contribution in [3.63, 3.8) is 0 Å². The van der Waals surface area contributed by atoms with Gasteiger partial charge in [0.25, 0.3) is 0 Å². The van der Waals surface area contributed by atoms with E-state index in [0.717, 1.165) is 58.2 Å². The smallest absolute Gasteiger partial charge is 0.309 e. The van der Waals surface area contributed by atoms with E-state index in [-0.39, 0.29) is 0 Å². The van der Waals surface area contributed by atoms with Crippen LogP contribution in [-0.4, -0.2) is 41.7 Å². The molecule has 0 unspecified atom stereocenters. The average molecular weight is 407 g/mol. The van der Waals surface area contributed by atoms with E-state index in [1.165, 1.54) is 22.8 Å². The van der Waals surface area contributed by atoms with Gasteiger partial charge in [0.05, 0.1) is 5.41 Å². The number of nitrogens with zero attached hydrogens (tertiary/aromatic N) is 1. The van der Waals surface area contributed by atoms with E-state index in [2.05, 4.69) is 59.6 Å². The number of fused-ring (bicyclic) bond motifs is 4. The second kappa shape index (κ2) is 7.65. The first kappa shape index (κ1) is 20.0. The van der Waals surface area contributed by atoms with Crippen molar-refractivity contribution < 1.29 is 9.90 Å². The first-order valence-electron chi connectivity index (χ1n) is 11.7. The Morgan fingerprint density at radius 2 is 1.80 bits per heavy atom. The highest BCUT2D eigenvalue weighted by molar-refractivity contribution is 5.86. The summed E-state index contributed by atoms with van der Waals surface area (Å²) in [6.07, 6.45) is 7.15. The van der Waals surface area contributed by atoms with Crippen molar-refractivity contribution in [1.29, 1.82) is 0 Å². The molecular formula is C26H34N2O2. The van der Waals surface area contributed by atoms with Gasteiger partial charge < -0.3 is 15.3 Å². The first-order chi connectivity index (χ1) is 14.5. The third kappa shape index (κ3) is 3.54. The van der Waals surface area contributed by atoms with Crippen LogP contribution in [0.25, 0.3) is 10.8 Å². The van der Waals surface area contributed by atoms with Crippen LogP contribution in [0.3, 0.4) is 0 Å². The second-order valence-corrected chi connectivity index (χ2v) is 10.3. The Morgan fingerprint density at radius 1 is 1.10 bits per heavy atom. The lowest BCUT2D eigenvalue weighted by Gasteiger charge is -2.52. The summed E-state index contributed by atoms with van der Waals surface area (Å²) < 4.78 is 0. The highest BCUT2D eigenvalue weighted by Gasteiger charge is 2.53. The van der Waals surface area contributed by atoms with Crippen molar-refractivity contribution in [2.45, 2.75) is 64.0 Å². The molecule has 1 aliphatic heterocycles. The number of hydrogen-bond acceptors (Lipinski definition) is 3. The zero-order valence-electron chi connectivity index (χ0n) is 18.1. The number of rotatable bonds is 6. The fraction of sp³-hybridized carbons (Fsp3) is 0.577. The van der Waals surface area contributed by atoms with Crippen molar-refractivity contribution in [3.8, 4) is 0 Å². The van der Waals surface area contributed by atoms with Crippen LogP contribution >= 0.6 is 0 Å². The fourth-order valence-corrected chi connectivity index (χ4v) is 6.48. The lowest BCUT2D eigenvalue weighted by molar-refractivity contribution is -0.159. The van der Waals surface area contributed by atoms with Gasteiger partial charge in [-0.25, -0.2) is 0 Å². The van der Waals surface area contributed by atoms with E-state index >= 15 is 0 Å². The molecule has 1 saturated heterocycles. The van der Waals surface area contributed by atoms with Crippen molar-refractivity contribution in [3.05, 3.63) is 48.0 Å². The van der Waals surface area contributed by atoms with E-state index < -0.39 is 11.4 Å². The van der Waals surface area contributed by atoms with Crippen LogP contribution in [0.2, 0.25) is 0 Å². The lowest BCUT2D eigenvalue weighted by atomic mass is 9.53. The molecule has 2 bridgehead atoms. The Labute approximate surface area is 179 Å². The molecule has 160 valence electrons. The number of benzene rings is 2. The minimum Gasteiger partial charge on any atom is -0.481 e. The quantitative estimate of drug-likeness (QED) is 0.710. The molecule has 2 aromatic carbocycles. The Hall–Kier alpha value is -1.91. The molecule has 0 aromatic heterocycles. The van der Waals surface area contributed by atoms with Gasteiger partial charge in [0, 0.05) is 25.2 Å². The predicted molar refractivity (Wildman–Crippen MR) is 121 cm³/mol. The average Bonchev–Trinajstić information content (AvgIpc) is 3.20. The molecule has 4 heteroatoms. The third-order valence-electron chi connectivity index (χ3n) is 8.46. The Morgan fingerprint density at radius 3 is 2.53 bits per heavy atom. The van der Waals surface area contributed by atoms with E-state index in [1.807, 2.05) is 0 Å². The maximum absolute atomic E-state index is 11.7. The van der Waals surface area contributed by atoms with Crippen LogP contribution in [0.15, 0.2) is 42.5 Å². The molecule has 2 atom stereocenters. The molecule has 2 N–H and O–H groups in total. The number of likely N-dealkylation sites (tertiary alicyclic amines) is 1. The largest absolute Gasteiger partial charge is 0.481 e. The van der Waals surface area contributed by atoms with Crippen LogP contribution in [-0.2, 0) is 4.79 Å². The summed E-state index contributed by atoms with van der Waals surface area (Å²) in [6, 6.07) is 16.1. The van der Waals surface area contributed by atoms with Crippen molar-refractivity contribution in [1.82, 2.24) is 10.2 Å². The van der Waals surface area contributed by atoms with Crippen molar-refractivity contribution >= 4 is 16.7 Å². The minimum absolute atomic E-state index is 0.333. The number of carbonyl (C=O) groups is 1. The number of hydrogen-bond donors (Lipinski definition) is 2. The summed E-state index contributed by atoms with van der Waals surface area (Å²) in [6.45, 7) is 5.72. The number of aliphatic carboxylic acids is 1. The Kier molecular flexibility index (Phi) is 5.11. The number of nitrogens with one attached hydrogen (secondary N) is 1. The van der Waals surface area contributed by atoms with Gasteiger partial charge in [-0.2, -0.15) is 0 Å². The summed E-state index contributed by atoms with van der Waals surface area (Å²) in [5, 5.41) is 16.2. The molecule has 0 radical (unpaired) electrons. The third-order valence-corrected chi connectivity index (χ3v) is 8.46. The maximum atomic E-state index is 11.7. The lowest BCUT2D eigenvalue weighted by Crippen LogP contribution is -2.50. The van der Waals surface area contributed by atoms with Gasteiger partial charge in [-0.05, 0) is 80.2 Å². The van der Waals surface area contributed by atoms with Gasteiger partial charge in [-0.15, -0.1) is 0 Å². The number of carboxylic acids is 1. The Balaban J connectivity index is 1.19. The summed E-state index contributed by atoms with van der Waals surface area (Å²) in [4.78, 5) is 14.4. The van der Waals surface area contributed by atoms with E-state index in [0.29, 0.717) is 17.5 Å². The summed E-state index contributed by atoms with van der Waals surface area (Å²) in [5.74, 6) is -0.552. The van der Waals surface area contributed by atoms with Crippen LogP contribution < -0.4 is 5.32 Å². The molecule has 6 rings (SSSR count). The van der Waals surface area contributed by atoms with E-state index in [1.54, 1.807) is 0 Å². The van der Waals surface area contributed by atoms with Gasteiger partial charge >= 0.3 is 5.97 Å². The fourth-order valence-electron chi connectivity index (χ4n) is 6.48. The molecule has 4 nitrogen and oxygen atoms in total. The highest BCUT2D eigenvalue weighted by Crippen LogP contribution is 2.57. The van der Waals surface area contributed by atoms with Gasteiger partial charge in [-0.3, -0.25) is 4.79 Å². The second-order valence-electron chi connectivity index (χ2n) is 10.3. The summed E-state index contributed by atoms with van der Waals surface area (Å²) in [7, 11) is 0. The van der Waals surface area contributed by atoms with Crippen LogP contribution in [0.5, 0.6) is 0 Å². The molecule has 3 saturated carbocycles. The Bertz CT molecular complexity index is 910.